The molecule has 0 aromatic carbocycles. The van der Waals surface area contributed by atoms with Crippen molar-refractivity contribution < 1.29 is 33.3 Å². The monoisotopic (exact) mass is 448 g/mol. The van der Waals surface area contributed by atoms with Gasteiger partial charge in [-0.15, -0.1) is 0 Å². The van der Waals surface area contributed by atoms with E-state index in [0.717, 1.165) is 24.6 Å². The Hall–Kier alpha value is -0.513. The Balaban J connectivity index is 3.29. The molecule has 0 aliphatic carbocycles. The minimum Gasteiger partial charge on any atom is -0.467 e. The normalized spacial score (nSPS) is 24.1. The standard InChI is InChI=1S/C22H44O7Si/c1-10-15(5)27-20(18(23)21(24)25-9)16(6)19(17-14-26-22(7,8)28-17)29-30(11-2,12-3)13-4/h15-20,23H,10-14H2,1-9H3/t15?,16-,17+,18-,19-,20+/m1/s1. The van der Waals surface area contributed by atoms with Crippen molar-refractivity contribution in [2.24, 2.45) is 5.92 Å². The number of esters is 1. The summed E-state index contributed by atoms with van der Waals surface area (Å²) in [5, 5.41) is 10.7. The van der Waals surface area contributed by atoms with Gasteiger partial charge in [0.15, 0.2) is 20.2 Å². The van der Waals surface area contributed by atoms with Gasteiger partial charge in [-0.2, -0.15) is 0 Å². The molecule has 1 unspecified atom stereocenters. The maximum absolute atomic E-state index is 12.2. The summed E-state index contributed by atoms with van der Waals surface area (Å²) in [5.41, 5.74) is 0. The van der Waals surface area contributed by atoms with Gasteiger partial charge in [0.05, 0.1) is 32.0 Å². The van der Waals surface area contributed by atoms with Crippen molar-refractivity contribution >= 4 is 14.3 Å². The van der Waals surface area contributed by atoms with E-state index in [1.54, 1.807) is 0 Å². The number of carbonyl (C=O) groups excluding carboxylic acids is 1. The van der Waals surface area contributed by atoms with Crippen molar-refractivity contribution in [2.45, 2.75) is 116 Å². The molecular formula is C22H44O7Si. The summed E-state index contributed by atoms with van der Waals surface area (Å²) in [5.74, 6) is -1.72. The fourth-order valence-corrected chi connectivity index (χ4v) is 6.92. The number of aliphatic hydroxyl groups is 1. The number of carbonyl (C=O) groups is 1. The van der Waals surface area contributed by atoms with Gasteiger partial charge in [-0.25, -0.2) is 4.79 Å². The van der Waals surface area contributed by atoms with Gasteiger partial charge in [0, 0.05) is 5.92 Å². The summed E-state index contributed by atoms with van der Waals surface area (Å²) in [4.78, 5) is 12.2. The summed E-state index contributed by atoms with van der Waals surface area (Å²) in [7, 11) is -0.742. The quantitative estimate of drug-likeness (QED) is 0.338. The highest BCUT2D eigenvalue weighted by Crippen LogP contribution is 2.35. The first-order valence-corrected chi connectivity index (χ1v) is 13.9. The fraction of sp³-hybridized carbons (Fsp3) is 0.955. The Morgan fingerprint density at radius 3 is 2.13 bits per heavy atom. The summed E-state index contributed by atoms with van der Waals surface area (Å²) >= 11 is 0. The van der Waals surface area contributed by atoms with Crippen molar-refractivity contribution in [1.82, 2.24) is 0 Å². The van der Waals surface area contributed by atoms with Crippen LogP contribution in [-0.4, -0.2) is 69.4 Å². The van der Waals surface area contributed by atoms with Crippen LogP contribution in [0.15, 0.2) is 0 Å². The van der Waals surface area contributed by atoms with Crippen molar-refractivity contribution in [3.8, 4) is 0 Å². The van der Waals surface area contributed by atoms with E-state index in [4.69, 9.17) is 23.4 Å². The van der Waals surface area contributed by atoms with Crippen LogP contribution in [0.5, 0.6) is 0 Å². The molecule has 178 valence electrons. The van der Waals surface area contributed by atoms with Crippen LogP contribution in [-0.2, 0) is 28.2 Å². The topological polar surface area (TPSA) is 83.5 Å². The number of hydrogen-bond acceptors (Lipinski definition) is 7. The number of rotatable bonds is 13. The van der Waals surface area contributed by atoms with Crippen LogP contribution in [0.25, 0.3) is 0 Å². The first-order chi connectivity index (χ1) is 14.0. The molecule has 1 heterocycles. The zero-order valence-electron chi connectivity index (χ0n) is 20.4. The lowest BCUT2D eigenvalue weighted by Crippen LogP contribution is -2.54. The van der Waals surface area contributed by atoms with Crippen LogP contribution in [0.3, 0.4) is 0 Å². The van der Waals surface area contributed by atoms with E-state index in [0.29, 0.717) is 6.61 Å². The Morgan fingerprint density at radius 1 is 1.17 bits per heavy atom. The van der Waals surface area contributed by atoms with Crippen molar-refractivity contribution in [1.29, 1.82) is 0 Å². The molecule has 1 rings (SSSR count). The first kappa shape index (κ1) is 27.5. The Morgan fingerprint density at radius 2 is 1.73 bits per heavy atom. The largest absolute Gasteiger partial charge is 0.467 e. The summed E-state index contributed by atoms with van der Waals surface area (Å²) in [6.07, 6.45) is -2.22. The SMILES string of the molecule is CCC(C)O[C@@H]([C@H](C)[C@@H](O[Si](CC)(CC)CC)[C@@H]1COC(C)(C)O1)[C@@H](O)C(=O)OC. The van der Waals surface area contributed by atoms with Crippen LogP contribution in [0.1, 0.15) is 61.8 Å². The Kier molecular flexibility index (Phi) is 10.9. The van der Waals surface area contributed by atoms with Gasteiger partial charge in [-0.05, 0) is 45.3 Å². The van der Waals surface area contributed by atoms with Crippen molar-refractivity contribution in [2.75, 3.05) is 13.7 Å². The predicted molar refractivity (Wildman–Crippen MR) is 119 cm³/mol. The van der Waals surface area contributed by atoms with Crippen LogP contribution >= 0.6 is 0 Å². The molecule has 6 atom stereocenters. The third-order valence-electron chi connectivity index (χ3n) is 6.47. The second-order valence-corrected chi connectivity index (χ2v) is 13.6. The zero-order chi connectivity index (χ0) is 23.1. The lowest BCUT2D eigenvalue weighted by atomic mass is 9.90. The Labute approximate surface area is 183 Å². The van der Waals surface area contributed by atoms with E-state index in [1.165, 1.54) is 7.11 Å². The molecule has 30 heavy (non-hydrogen) atoms. The highest BCUT2D eigenvalue weighted by Gasteiger charge is 2.48. The lowest BCUT2D eigenvalue weighted by Gasteiger charge is -2.41. The molecule has 7 nitrogen and oxygen atoms in total. The smallest absolute Gasteiger partial charge is 0.337 e. The fourth-order valence-electron chi connectivity index (χ4n) is 3.98. The second kappa shape index (κ2) is 11.9. The van der Waals surface area contributed by atoms with Gasteiger partial charge in [0.25, 0.3) is 0 Å². The predicted octanol–water partition coefficient (Wildman–Crippen LogP) is 3.88. The molecule has 0 aromatic heterocycles. The van der Waals surface area contributed by atoms with E-state index in [2.05, 4.69) is 20.8 Å². The molecule has 1 aliphatic heterocycles. The highest BCUT2D eigenvalue weighted by atomic mass is 28.4. The molecule has 1 saturated heterocycles. The summed E-state index contributed by atoms with van der Waals surface area (Å²) < 4.78 is 29.8. The molecule has 1 fully saturated rings. The van der Waals surface area contributed by atoms with Crippen molar-refractivity contribution in [3.05, 3.63) is 0 Å². The van der Waals surface area contributed by atoms with Gasteiger partial charge in [-0.1, -0.05) is 34.6 Å². The van der Waals surface area contributed by atoms with Crippen LogP contribution in [0.2, 0.25) is 18.1 Å². The summed E-state index contributed by atoms with van der Waals surface area (Å²) in [6, 6.07) is 2.95. The van der Waals surface area contributed by atoms with E-state index >= 15 is 0 Å². The number of ether oxygens (including phenoxy) is 4. The minimum absolute atomic E-state index is 0.125. The maximum atomic E-state index is 12.2. The van der Waals surface area contributed by atoms with Crippen molar-refractivity contribution in [3.63, 3.8) is 0 Å². The zero-order valence-corrected chi connectivity index (χ0v) is 21.4. The van der Waals surface area contributed by atoms with Gasteiger partial charge in [0.2, 0.25) is 0 Å². The molecule has 0 radical (unpaired) electrons. The third-order valence-corrected chi connectivity index (χ3v) is 11.1. The average molecular weight is 449 g/mol. The molecule has 8 heteroatoms. The first-order valence-electron chi connectivity index (χ1n) is 11.4. The average Bonchev–Trinajstić information content (AvgIpc) is 3.11. The molecular weight excluding hydrogens is 404 g/mol. The molecule has 0 amide bonds. The van der Waals surface area contributed by atoms with Crippen LogP contribution < -0.4 is 0 Å². The molecule has 1 N–H and O–H groups in total. The Bertz CT molecular complexity index is 515. The van der Waals surface area contributed by atoms with Gasteiger partial charge < -0.3 is 28.5 Å². The van der Waals surface area contributed by atoms with E-state index in [9.17, 15) is 9.90 Å². The highest BCUT2D eigenvalue weighted by molar-refractivity contribution is 6.73. The van der Waals surface area contributed by atoms with E-state index in [1.807, 2.05) is 34.6 Å². The van der Waals surface area contributed by atoms with Gasteiger partial charge >= 0.3 is 5.97 Å². The maximum Gasteiger partial charge on any atom is 0.337 e. The van der Waals surface area contributed by atoms with E-state index in [-0.39, 0.29) is 24.2 Å². The van der Waals surface area contributed by atoms with E-state index < -0.39 is 32.3 Å². The van der Waals surface area contributed by atoms with Crippen LogP contribution in [0.4, 0.5) is 0 Å². The van der Waals surface area contributed by atoms with Gasteiger partial charge in [-0.3, -0.25) is 0 Å². The van der Waals surface area contributed by atoms with Crippen LogP contribution in [0, 0.1) is 5.92 Å². The molecule has 0 spiro atoms. The minimum atomic E-state index is -2.01. The lowest BCUT2D eigenvalue weighted by molar-refractivity contribution is -0.180. The number of hydrogen-bond donors (Lipinski definition) is 1. The molecule has 1 aliphatic rings. The number of methoxy groups -OCH3 is 1. The number of aliphatic hydroxyl groups excluding tert-OH is 1. The third kappa shape index (κ3) is 7.00. The summed E-state index contributed by atoms with van der Waals surface area (Å²) in [6.45, 7) is 16.6. The molecule has 0 saturated carbocycles. The molecule has 0 bridgehead atoms. The second-order valence-electron chi connectivity index (χ2n) is 8.84. The van der Waals surface area contributed by atoms with Gasteiger partial charge in [0.1, 0.15) is 6.10 Å². The molecule has 0 aromatic rings.